The summed E-state index contributed by atoms with van der Waals surface area (Å²) in [5, 5.41) is 3.32. The number of hydrogen-bond donors (Lipinski definition) is 1. The van der Waals surface area contributed by atoms with E-state index < -0.39 is 5.82 Å². The van der Waals surface area contributed by atoms with Crippen LogP contribution in [-0.4, -0.2) is 37.0 Å². The van der Waals surface area contributed by atoms with Crippen molar-refractivity contribution in [1.29, 1.82) is 0 Å². The van der Waals surface area contributed by atoms with Crippen LogP contribution in [0.4, 0.5) is 4.39 Å². The predicted molar refractivity (Wildman–Crippen MR) is 76.7 cm³/mol. The van der Waals surface area contributed by atoms with Crippen molar-refractivity contribution >= 4 is 21.8 Å². The third kappa shape index (κ3) is 3.76. The van der Waals surface area contributed by atoms with E-state index in [0.29, 0.717) is 10.0 Å². The summed E-state index contributed by atoms with van der Waals surface area (Å²) in [6, 6.07) is 4.53. The molecule has 1 amide bonds. The maximum Gasteiger partial charge on any atom is 0.253 e. The molecule has 0 bridgehead atoms. The quantitative estimate of drug-likeness (QED) is 0.905. The number of nitrogens with zero attached hydrogens (tertiary/aromatic N) is 1. The number of halogens is 2. The molecule has 1 aliphatic rings. The zero-order valence-electron chi connectivity index (χ0n) is 11.0. The monoisotopic (exact) mass is 328 g/mol. The molecule has 3 nitrogen and oxygen atoms in total. The second-order valence-corrected chi connectivity index (χ2v) is 5.82. The fraction of sp³-hybridized carbons (Fsp3) is 0.500. The number of carbonyl (C=O) groups excluding carboxylic acids is 1. The van der Waals surface area contributed by atoms with Gasteiger partial charge in [0.15, 0.2) is 0 Å². The van der Waals surface area contributed by atoms with Crippen LogP contribution < -0.4 is 5.32 Å². The maximum absolute atomic E-state index is 13.3. The first-order valence-corrected chi connectivity index (χ1v) is 7.31. The Morgan fingerprint density at radius 1 is 1.37 bits per heavy atom. The molecular formula is C14H18BrFN2O. The van der Waals surface area contributed by atoms with Gasteiger partial charge in [-0.25, -0.2) is 4.39 Å². The number of amides is 1. The molecule has 1 aromatic carbocycles. The normalized spacial score (nSPS) is 19.8. The van der Waals surface area contributed by atoms with Gasteiger partial charge in [-0.3, -0.25) is 4.79 Å². The summed E-state index contributed by atoms with van der Waals surface area (Å²) in [6.07, 6.45) is 3.00. The fourth-order valence-corrected chi connectivity index (χ4v) is 2.90. The number of nitrogens with one attached hydrogen (secondary N) is 1. The van der Waals surface area contributed by atoms with Crippen molar-refractivity contribution in [2.75, 3.05) is 20.1 Å². The highest BCUT2D eigenvalue weighted by atomic mass is 79.9. The van der Waals surface area contributed by atoms with Gasteiger partial charge in [-0.05, 0) is 50.6 Å². The first-order valence-electron chi connectivity index (χ1n) is 6.52. The number of benzene rings is 1. The summed E-state index contributed by atoms with van der Waals surface area (Å²) in [4.78, 5) is 14.1. The molecule has 1 fully saturated rings. The van der Waals surface area contributed by atoms with Crippen LogP contribution in [0.5, 0.6) is 0 Å². The van der Waals surface area contributed by atoms with Crippen molar-refractivity contribution in [2.24, 2.45) is 0 Å². The van der Waals surface area contributed by atoms with E-state index in [1.165, 1.54) is 12.1 Å². The molecule has 1 atom stereocenters. The lowest BCUT2D eigenvalue weighted by Crippen LogP contribution is -2.37. The Kier molecular flexibility index (Phi) is 4.93. The Morgan fingerprint density at radius 2 is 2.16 bits per heavy atom. The van der Waals surface area contributed by atoms with E-state index in [9.17, 15) is 9.18 Å². The summed E-state index contributed by atoms with van der Waals surface area (Å²) in [6.45, 7) is 1.93. The molecule has 1 aliphatic heterocycles. The third-order valence-electron chi connectivity index (χ3n) is 3.52. The Labute approximate surface area is 121 Å². The second kappa shape index (κ2) is 6.48. The highest BCUT2D eigenvalue weighted by Gasteiger charge is 2.22. The van der Waals surface area contributed by atoms with E-state index >= 15 is 0 Å². The van der Waals surface area contributed by atoms with Gasteiger partial charge in [-0.15, -0.1) is 0 Å². The summed E-state index contributed by atoms with van der Waals surface area (Å²) < 4.78 is 13.9. The molecular weight excluding hydrogens is 311 g/mol. The van der Waals surface area contributed by atoms with Gasteiger partial charge < -0.3 is 10.2 Å². The molecule has 0 saturated carbocycles. The molecule has 1 N–H and O–H groups in total. The maximum atomic E-state index is 13.3. The van der Waals surface area contributed by atoms with Crippen molar-refractivity contribution in [3.05, 3.63) is 34.1 Å². The molecule has 1 heterocycles. The van der Waals surface area contributed by atoms with Crippen LogP contribution in [-0.2, 0) is 0 Å². The summed E-state index contributed by atoms with van der Waals surface area (Å²) in [5.74, 6) is -0.513. The molecule has 0 aliphatic carbocycles. The van der Waals surface area contributed by atoms with Crippen LogP contribution in [0.2, 0.25) is 0 Å². The van der Waals surface area contributed by atoms with E-state index in [1.807, 2.05) is 0 Å². The SMILES string of the molecule is CN(C(=O)c1cc(F)cc(Br)c1)C1CCCNCC1. The smallest absolute Gasteiger partial charge is 0.253 e. The molecule has 5 heteroatoms. The molecule has 1 aromatic rings. The highest BCUT2D eigenvalue weighted by Crippen LogP contribution is 2.19. The molecule has 2 rings (SSSR count). The van der Waals surface area contributed by atoms with E-state index in [2.05, 4.69) is 21.2 Å². The van der Waals surface area contributed by atoms with Crippen LogP contribution in [0.25, 0.3) is 0 Å². The van der Waals surface area contributed by atoms with Crippen molar-refractivity contribution in [3.8, 4) is 0 Å². The standard InChI is InChI=1S/C14H18BrFN2O/c1-18(13-3-2-5-17-6-4-13)14(19)10-7-11(15)9-12(16)8-10/h7-9,13,17H,2-6H2,1H3. The molecule has 0 aromatic heterocycles. The van der Waals surface area contributed by atoms with E-state index in [0.717, 1.165) is 32.4 Å². The summed E-state index contributed by atoms with van der Waals surface area (Å²) in [5.41, 5.74) is 0.395. The number of rotatable bonds is 2. The first kappa shape index (κ1) is 14.5. The average molecular weight is 329 g/mol. The lowest BCUT2D eigenvalue weighted by atomic mass is 10.1. The zero-order chi connectivity index (χ0) is 13.8. The highest BCUT2D eigenvalue weighted by molar-refractivity contribution is 9.10. The van der Waals surface area contributed by atoms with Gasteiger partial charge in [-0.1, -0.05) is 15.9 Å². The van der Waals surface area contributed by atoms with Crippen LogP contribution >= 0.6 is 15.9 Å². The lowest BCUT2D eigenvalue weighted by molar-refractivity contribution is 0.0720. The van der Waals surface area contributed by atoms with E-state index in [4.69, 9.17) is 0 Å². The number of carbonyl (C=O) groups is 1. The third-order valence-corrected chi connectivity index (χ3v) is 3.98. The van der Waals surface area contributed by atoms with Crippen LogP contribution in [0.3, 0.4) is 0 Å². The van der Waals surface area contributed by atoms with Gasteiger partial charge in [-0.2, -0.15) is 0 Å². The van der Waals surface area contributed by atoms with Gasteiger partial charge in [0.05, 0.1) is 0 Å². The molecule has 1 saturated heterocycles. The average Bonchev–Trinajstić information content (AvgIpc) is 2.64. The van der Waals surface area contributed by atoms with Crippen LogP contribution in [0.15, 0.2) is 22.7 Å². The van der Waals surface area contributed by atoms with Crippen molar-refractivity contribution < 1.29 is 9.18 Å². The molecule has 104 valence electrons. The molecule has 1 unspecified atom stereocenters. The predicted octanol–water partition coefficient (Wildman–Crippen LogP) is 2.80. The van der Waals surface area contributed by atoms with Gasteiger partial charge in [0.2, 0.25) is 0 Å². The Morgan fingerprint density at radius 3 is 2.89 bits per heavy atom. The molecule has 19 heavy (non-hydrogen) atoms. The van der Waals surface area contributed by atoms with E-state index in [-0.39, 0.29) is 11.9 Å². The van der Waals surface area contributed by atoms with Gasteiger partial charge >= 0.3 is 0 Å². The van der Waals surface area contributed by atoms with Crippen molar-refractivity contribution in [3.63, 3.8) is 0 Å². The van der Waals surface area contributed by atoms with Gasteiger partial charge in [0.25, 0.3) is 5.91 Å². The Balaban J connectivity index is 2.13. The Hall–Kier alpha value is -0.940. The Bertz CT molecular complexity index is 439. The minimum absolute atomic E-state index is 0.118. The second-order valence-electron chi connectivity index (χ2n) is 4.91. The van der Waals surface area contributed by atoms with Crippen molar-refractivity contribution in [1.82, 2.24) is 10.2 Å². The molecule has 0 radical (unpaired) electrons. The largest absolute Gasteiger partial charge is 0.339 e. The van der Waals surface area contributed by atoms with Crippen molar-refractivity contribution in [2.45, 2.75) is 25.3 Å². The van der Waals surface area contributed by atoms with Crippen LogP contribution in [0.1, 0.15) is 29.6 Å². The minimum atomic E-state index is -0.395. The fourth-order valence-electron chi connectivity index (χ4n) is 2.43. The summed E-state index contributed by atoms with van der Waals surface area (Å²) in [7, 11) is 1.80. The topological polar surface area (TPSA) is 32.3 Å². The van der Waals surface area contributed by atoms with E-state index in [1.54, 1.807) is 18.0 Å². The molecule has 0 spiro atoms. The minimum Gasteiger partial charge on any atom is -0.339 e. The van der Waals surface area contributed by atoms with Gasteiger partial charge in [0, 0.05) is 23.1 Å². The first-order chi connectivity index (χ1) is 9.08. The zero-order valence-corrected chi connectivity index (χ0v) is 12.5. The lowest BCUT2D eigenvalue weighted by Gasteiger charge is -2.27. The van der Waals surface area contributed by atoms with Gasteiger partial charge in [0.1, 0.15) is 5.82 Å². The summed E-state index contributed by atoms with van der Waals surface area (Å²) >= 11 is 3.22. The number of hydrogen-bond acceptors (Lipinski definition) is 2. The van der Waals surface area contributed by atoms with Crippen LogP contribution in [0, 0.1) is 5.82 Å².